The van der Waals surface area contributed by atoms with Crippen molar-refractivity contribution in [3.63, 3.8) is 0 Å². The lowest BCUT2D eigenvalue weighted by molar-refractivity contribution is -0.0669. The van der Waals surface area contributed by atoms with Crippen molar-refractivity contribution in [2.45, 2.75) is 58.3 Å². The van der Waals surface area contributed by atoms with Crippen LogP contribution in [0, 0.1) is 5.41 Å². The number of hydrogen-bond donors (Lipinski definition) is 1. The van der Waals surface area contributed by atoms with Crippen LogP contribution >= 0.6 is 11.3 Å². The standard InChI is InChI=1S/C15H26N2O2S/c1-14(2)5-7-15(19-4,8-6-14)13-17-11(10-18-3)12(9-16)20-13/h5-10,16H2,1-4H3. The van der Waals surface area contributed by atoms with Gasteiger partial charge < -0.3 is 15.2 Å². The van der Waals surface area contributed by atoms with Crippen molar-refractivity contribution < 1.29 is 9.47 Å². The van der Waals surface area contributed by atoms with Gasteiger partial charge in [-0.3, -0.25) is 0 Å². The number of ether oxygens (including phenoxy) is 2. The first-order valence-electron chi connectivity index (χ1n) is 7.19. The molecule has 0 radical (unpaired) electrons. The highest BCUT2D eigenvalue weighted by Gasteiger charge is 2.42. The number of nitrogens with two attached hydrogens (primary N) is 1. The topological polar surface area (TPSA) is 57.4 Å². The lowest BCUT2D eigenvalue weighted by atomic mass is 9.71. The molecule has 5 heteroatoms. The molecule has 1 aromatic rings. The molecule has 114 valence electrons. The molecule has 1 aromatic heterocycles. The summed E-state index contributed by atoms with van der Waals surface area (Å²) in [4.78, 5) is 5.89. The molecule has 0 aromatic carbocycles. The maximum atomic E-state index is 5.92. The van der Waals surface area contributed by atoms with Crippen molar-refractivity contribution in [2.24, 2.45) is 11.1 Å². The van der Waals surface area contributed by atoms with E-state index in [4.69, 9.17) is 20.2 Å². The fourth-order valence-corrected chi connectivity index (χ4v) is 3.99. The van der Waals surface area contributed by atoms with Crippen LogP contribution in [0.4, 0.5) is 0 Å². The van der Waals surface area contributed by atoms with Crippen LogP contribution in [-0.4, -0.2) is 19.2 Å². The van der Waals surface area contributed by atoms with Gasteiger partial charge in [0.25, 0.3) is 0 Å². The number of aromatic nitrogens is 1. The summed E-state index contributed by atoms with van der Waals surface area (Å²) < 4.78 is 11.1. The zero-order valence-electron chi connectivity index (χ0n) is 13.0. The van der Waals surface area contributed by atoms with E-state index in [1.54, 1.807) is 25.6 Å². The van der Waals surface area contributed by atoms with E-state index in [1.807, 2.05) is 0 Å². The Morgan fingerprint density at radius 1 is 1.20 bits per heavy atom. The predicted molar refractivity (Wildman–Crippen MR) is 81.7 cm³/mol. The van der Waals surface area contributed by atoms with E-state index in [9.17, 15) is 0 Å². The van der Waals surface area contributed by atoms with E-state index in [-0.39, 0.29) is 5.60 Å². The Balaban J connectivity index is 2.28. The minimum absolute atomic E-state index is 0.226. The van der Waals surface area contributed by atoms with E-state index < -0.39 is 0 Å². The normalized spacial score (nSPS) is 21.1. The highest BCUT2D eigenvalue weighted by molar-refractivity contribution is 7.11. The highest BCUT2D eigenvalue weighted by Crippen LogP contribution is 2.48. The van der Waals surface area contributed by atoms with Crippen LogP contribution in [0.15, 0.2) is 0 Å². The van der Waals surface area contributed by atoms with Gasteiger partial charge in [0.1, 0.15) is 10.6 Å². The zero-order valence-corrected chi connectivity index (χ0v) is 13.8. The molecular weight excluding hydrogens is 272 g/mol. The average molecular weight is 298 g/mol. The maximum Gasteiger partial charge on any atom is 0.125 e. The van der Waals surface area contributed by atoms with E-state index in [0.717, 1.165) is 41.3 Å². The van der Waals surface area contributed by atoms with E-state index in [2.05, 4.69) is 13.8 Å². The van der Waals surface area contributed by atoms with Gasteiger partial charge in [-0.2, -0.15) is 0 Å². The minimum atomic E-state index is -0.226. The van der Waals surface area contributed by atoms with Gasteiger partial charge in [-0.15, -0.1) is 11.3 Å². The van der Waals surface area contributed by atoms with Crippen molar-refractivity contribution in [3.05, 3.63) is 15.6 Å². The van der Waals surface area contributed by atoms with Crippen LogP contribution in [0.3, 0.4) is 0 Å². The monoisotopic (exact) mass is 298 g/mol. The predicted octanol–water partition coefficient (Wildman–Crippen LogP) is 3.19. The van der Waals surface area contributed by atoms with E-state index in [1.165, 1.54) is 0 Å². The molecule has 0 unspecified atom stereocenters. The molecule has 0 aliphatic heterocycles. The van der Waals surface area contributed by atoms with Gasteiger partial charge in [0.05, 0.1) is 12.3 Å². The Morgan fingerprint density at radius 3 is 2.35 bits per heavy atom. The van der Waals surface area contributed by atoms with Gasteiger partial charge in [0.2, 0.25) is 0 Å². The molecule has 1 fully saturated rings. The Bertz CT molecular complexity index is 447. The Kier molecular flexibility index (Phi) is 4.84. The molecule has 2 N–H and O–H groups in total. The summed E-state index contributed by atoms with van der Waals surface area (Å²) in [6, 6.07) is 0. The summed E-state index contributed by atoms with van der Waals surface area (Å²) in [5.74, 6) is 0. The van der Waals surface area contributed by atoms with Crippen molar-refractivity contribution in [3.8, 4) is 0 Å². The second-order valence-electron chi connectivity index (χ2n) is 6.39. The van der Waals surface area contributed by atoms with Gasteiger partial charge in [-0.1, -0.05) is 13.8 Å². The molecule has 1 heterocycles. The first-order valence-corrected chi connectivity index (χ1v) is 8.01. The summed E-state index contributed by atoms with van der Waals surface area (Å²) in [6.45, 7) is 5.70. The van der Waals surface area contributed by atoms with Crippen LogP contribution in [0.25, 0.3) is 0 Å². The molecule has 0 atom stereocenters. The molecule has 0 spiro atoms. The molecule has 0 saturated heterocycles. The third kappa shape index (κ3) is 3.06. The van der Waals surface area contributed by atoms with E-state index >= 15 is 0 Å². The molecular formula is C15H26N2O2S. The maximum absolute atomic E-state index is 5.92. The molecule has 2 rings (SSSR count). The molecule has 0 amide bonds. The molecule has 1 saturated carbocycles. The van der Waals surface area contributed by atoms with Crippen LogP contribution in [0.1, 0.15) is 55.1 Å². The Hall–Kier alpha value is -0.490. The molecule has 1 aliphatic rings. The lowest BCUT2D eigenvalue weighted by Crippen LogP contribution is -2.36. The molecule has 20 heavy (non-hydrogen) atoms. The van der Waals surface area contributed by atoms with Crippen molar-refractivity contribution in [1.29, 1.82) is 0 Å². The van der Waals surface area contributed by atoms with Crippen molar-refractivity contribution in [2.75, 3.05) is 14.2 Å². The fraction of sp³-hybridized carbons (Fsp3) is 0.800. The molecule has 4 nitrogen and oxygen atoms in total. The van der Waals surface area contributed by atoms with Gasteiger partial charge >= 0.3 is 0 Å². The number of hydrogen-bond acceptors (Lipinski definition) is 5. The smallest absolute Gasteiger partial charge is 0.125 e. The second-order valence-corrected chi connectivity index (χ2v) is 7.47. The van der Waals surface area contributed by atoms with Gasteiger partial charge in [0, 0.05) is 25.6 Å². The minimum Gasteiger partial charge on any atom is -0.378 e. The lowest BCUT2D eigenvalue weighted by Gasteiger charge is -2.41. The number of thiazole rings is 1. The number of methoxy groups -OCH3 is 2. The quantitative estimate of drug-likeness (QED) is 0.907. The first kappa shape index (κ1) is 15.9. The van der Waals surface area contributed by atoms with Gasteiger partial charge in [0.15, 0.2) is 0 Å². The third-order valence-corrected chi connectivity index (χ3v) is 5.74. The highest BCUT2D eigenvalue weighted by atomic mass is 32.1. The van der Waals surface area contributed by atoms with Crippen LogP contribution in [-0.2, 0) is 28.2 Å². The zero-order chi connectivity index (χ0) is 14.8. The number of nitrogens with zero attached hydrogens (tertiary/aromatic N) is 1. The summed E-state index contributed by atoms with van der Waals surface area (Å²) in [5, 5.41) is 1.07. The van der Waals surface area contributed by atoms with Crippen molar-refractivity contribution >= 4 is 11.3 Å². The summed E-state index contributed by atoms with van der Waals surface area (Å²) in [6.07, 6.45) is 4.39. The SMILES string of the molecule is COCc1nc(C2(OC)CCC(C)(C)CC2)sc1CN. The second kappa shape index (κ2) is 6.10. The van der Waals surface area contributed by atoms with E-state index in [0.29, 0.717) is 18.6 Å². The summed E-state index contributed by atoms with van der Waals surface area (Å²) >= 11 is 1.69. The third-order valence-electron chi connectivity index (χ3n) is 4.44. The fourth-order valence-electron chi connectivity index (χ4n) is 2.82. The Morgan fingerprint density at radius 2 is 1.85 bits per heavy atom. The van der Waals surface area contributed by atoms with Crippen LogP contribution in [0.5, 0.6) is 0 Å². The van der Waals surface area contributed by atoms with Crippen LogP contribution in [0.2, 0.25) is 0 Å². The summed E-state index contributed by atoms with van der Waals surface area (Å²) in [5.41, 5.74) is 6.98. The van der Waals surface area contributed by atoms with Gasteiger partial charge in [-0.05, 0) is 31.1 Å². The van der Waals surface area contributed by atoms with Crippen LogP contribution < -0.4 is 5.73 Å². The summed E-state index contributed by atoms with van der Waals surface area (Å²) in [7, 11) is 3.49. The molecule has 0 bridgehead atoms. The Labute approximate surface area is 125 Å². The molecule has 1 aliphatic carbocycles. The largest absolute Gasteiger partial charge is 0.378 e. The number of rotatable bonds is 5. The first-order chi connectivity index (χ1) is 9.46. The average Bonchev–Trinajstić information content (AvgIpc) is 2.84. The van der Waals surface area contributed by atoms with Crippen molar-refractivity contribution in [1.82, 2.24) is 4.98 Å². The van der Waals surface area contributed by atoms with Gasteiger partial charge in [-0.25, -0.2) is 4.98 Å².